The lowest BCUT2D eigenvalue weighted by Gasteiger charge is -2.24. The minimum atomic E-state index is -0.767. The van der Waals surface area contributed by atoms with Gasteiger partial charge in [0.2, 0.25) is 0 Å². The van der Waals surface area contributed by atoms with Crippen LogP contribution in [0.4, 0.5) is 0 Å². The van der Waals surface area contributed by atoms with Crippen LogP contribution in [0.3, 0.4) is 0 Å². The van der Waals surface area contributed by atoms with Crippen LogP contribution in [0.15, 0.2) is 0 Å². The van der Waals surface area contributed by atoms with E-state index in [9.17, 15) is 4.21 Å². The molecule has 0 heterocycles. The van der Waals surface area contributed by atoms with E-state index in [4.69, 9.17) is 5.26 Å². The van der Waals surface area contributed by atoms with Gasteiger partial charge in [0.1, 0.15) is 0 Å². The van der Waals surface area contributed by atoms with E-state index in [0.29, 0.717) is 11.7 Å². The van der Waals surface area contributed by atoms with Crippen LogP contribution in [-0.2, 0) is 10.8 Å². The summed E-state index contributed by atoms with van der Waals surface area (Å²) < 4.78 is 12.1. The largest absolute Gasteiger partial charge is 0.259 e. The van der Waals surface area contributed by atoms with Crippen LogP contribution >= 0.6 is 0 Å². The molecule has 0 aliphatic heterocycles. The van der Waals surface area contributed by atoms with Crippen molar-refractivity contribution in [3.8, 4) is 6.07 Å². The van der Waals surface area contributed by atoms with E-state index in [1.807, 2.05) is 6.92 Å². The van der Waals surface area contributed by atoms with Crippen molar-refractivity contribution in [3.63, 3.8) is 0 Å². The van der Waals surface area contributed by atoms with E-state index in [1.165, 1.54) is 19.3 Å². The predicted octanol–water partition coefficient (Wildman–Crippen LogP) is 2.76. The molecule has 0 spiro atoms. The molecule has 1 fully saturated rings. The predicted molar refractivity (Wildman–Crippen MR) is 59.3 cm³/mol. The molecule has 2 unspecified atom stereocenters. The zero-order valence-electron chi connectivity index (χ0n) is 8.87. The highest BCUT2D eigenvalue weighted by atomic mass is 32.2. The number of nitriles is 1. The Labute approximate surface area is 89.1 Å². The fourth-order valence-electron chi connectivity index (χ4n) is 2.06. The molecule has 0 N–H and O–H groups in total. The quantitative estimate of drug-likeness (QED) is 0.720. The summed E-state index contributed by atoms with van der Waals surface area (Å²) in [7, 11) is -0.767. The first-order valence-electron chi connectivity index (χ1n) is 5.56. The van der Waals surface area contributed by atoms with Crippen LogP contribution < -0.4 is 0 Å². The second-order valence-corrected chi connectivity index (χ2v) is 5.97. The summed E-state index contributed by atoms with van der Waals surface area (Å²) >= 11 is 0. The van der Waals surface area contributed by atoms with Gasteiger partial charge in [-0.25, -0.2) is 0 Å². The Morgan fingerprint density at radius 2 is 2.07 bits per heavy atom. The van der Waals surface area contributed by atoms with Gasteiger partial charge in [0.15, 0.2) is 0 Å². The zero-order valence-corrected chi connectivity index (χ0v) is 9.68. The van der Waals surface area contributed by atoms with Gasteiger partial charge in [0, 0.05) is 27.7 Å². The lowest BCUT2D eigenvalue weighted by molar-refractivity contribution is 0.501. The molecular formula is C11H19NOS. The third kappa shape index (κ3) is 3.09. The highest BCUT2D eigenvalue weighted by Crippen LogP contribution is 2.25. The fourth-order valence-corrected chi connectivity index (χ4v) is 3.97. The molecule has 1 saturated carbocycles. The van der Waals surface area contributed by atoms with Gasteiger partial charge in [-0.05, 0) is 19.3 Å². The molecule has 2 atom stereocenters. The van der Waals surface area contributed by atoms with E-state index in [0.717, 1.165) is 19.3 Å². The first-order valence-corrected chi connectivity index (χ1v) is 6.83. The summed E-state index contributed by atoms with van der Waals surface area (Å²) in [5.41, 5.74) is 0. The van der Waals surface area contributed by atoms with Crippen molar-refractivity contribution in [3.05, 3.63) is 0 Å². The smallest absolute Gasteiger partial charge is 0.0634 e. The minimum Gasteiger partial charge on any atom is -0.259 e. The molecule has 3 heteroatoms. The van der Waals surface area contributed by atoms with Gasteiger partial charge >= 0.3 is 0 Å². The van der Waals surface area contributed by atoms with Crippen molar-refractivity contribution in [2.45, 2.75) is 62.4 Å². The standard InChI is InChI=1S/C11H19NOS/c1-2-10(8-9-12)14(13)11-6-4-3-5-7-11/h10-11H,2-8H2,1H3. The second-order valence-electron chi connectivity index (χ2n) is 3.98. The molecular weight excluding hydrogens is 194 g/mol. The van der Waals surface area contributed by atoms with E-state index < -0.39 is 10.8 Å². The molecule has 80 valence electrons. The third-order valence-electron chi connectivity index (χ3n) is 2.98. The summed E-state index contributed by atoms with van der Waals surface area (Å²) in [5, 5.41) is 9.12. The third-order valence-corrected chi connectivity index (χ3v) is 5.27. The van der Waals surface area contributed by atoms with E-state index in [1.54, 1.807) is 0 Å². The molecule has 0 aromatic rings. The monoisotopic (exact) mass is 213 g/mol. The first-order chi connectivity index (χ1) is 6.79. The summed E-state index contributed by atoms with van der Waals surface area (Å²) in [4.78, 5) is 0. The Morgan fingerprint density at radius 1 is 1.43 bits per heavy atom. The van der Waals surface area contributed by atoms with Gasteiger partial charge in [-0.3, -0.25) is 4.21 Å². The first kappa shape index (κ1) is 11.7. The molecule has 2 nitrogen and oxygen atoms in total. The Hall–Kier alpha value is -0.360. The highest BCUT2D eigenvalue weighted by molar-refractivity contribution is 7.86. The number of nitrogens with zero attached hydrogens (tertiary/aromatic N) is 1. The maximum Gasteiger partial charge on any atom is 0.0634 e. The van der Waals surface area contributed by atoms with Gasteiger partial charge in [-0.2, -0.15) is 5.26 Å². The van der Waals surface area contributed by atoms with E-state index in [-0.39, 0.29) is 5.25 Å². The number of hydrogen-bond acceptors (Lipinski definition) is 2. The van der Waals surface area contributed by atoms with Crippen LogP contribution in [0.2, 0.25) is 0 Å². The molecule has 0 aromatic heterocycles. The SMILES string of the molecule is CCC(CC#N)S(=O)C1CCCCC1. The maximum atomic E-state index is 12.1. The normalized spacial score (nSPS) is 22.6. The van der Waals surface area contributed by atoms with Crippen LogP contribution in [0.25, 0.3) is 0 Å². The fraction of sp³-hybridized carbons (Fsp3) is 0.909. The summed E-state index contributed by atoms with van der Waals surface area (Å²) in [5.74, 6) is 0. The van der Waals surface area contributed by atoms with Crippen LogP contribution in [0.1, 0.15) is 51.9 Å². The molecule has 1 aliphatic carbocycles. The van der Waals surface area contributed by atoms with Gasteiger partial charge in [0.25, 0.3) is 0 Å². The molecule has 0 saturated heterocycles. The lowest BCUT2D eigenvalue weighted by atomic mass is 10.0. The average Bonchev–Trinajstić information content (AvgIpc) is 2.26. The molecule has 14 heavy (non-hydrogen) atoms. The van der Waals surface area contributed by atoms with E-state index >= 15 is 0 Å². The van der Waals surface area contributed by atoms with Gasteiger partial charge in [0.05, 0.1) is 6.07 Å². The van der Waals surface area contributed by atoms with E-state index in [2.05, 4.69) is 6.07 Å². The average molecular weight is 213 g/mol. The summed E-state index contributed by atoms with van der Waals surface area (Å²) in [6.07, 6.45) is 7.28. The van der Waals surface area contributed by atoms with Gasteiger partial charge < -0.3 is 0 Å². The van der Waals surface area contributed by atoms with Crippen LogP contribution in [0, 0.1) is 11.3 Å². The second kappa shape index (κ2) is 6.19. The number of rotatable bonds is 4. The van der Waals surface area contributed by atoms with Crippen molar-refractivity contribution in [1.29, 1.82) is 5.26 Å². The minimum absolute atomic E-state index is 0.114. The van der Waals surface area contributed by atoms with Crippen LogP contribution in [0.5, 0.6) is 0 Å². The lowest BCUT2D eigenvalue weighted by Crippen LogP contribution is -2.27. The maximum absolute atomic E-state index is 12.1. The number of hydrogen-bond donors (Lipinski definition) is 0. The molecule has 1 rings (SSSR count). The Morgan fingerprint density at radius 3 is 2.57 bits per heavy atom. The molecule has 0 bridgehead atoms. The summed E-state index contributed by atoms with van der Waals surface area (Å²) in [6, 6.07) is 2.15. The Bertz CT molecular complexity index is 228. The van der Waals surface area contributed by atoms with Crippen molar-refractivity contribution >= 4 is 10.8 Å². The van der Waals surface area contributed by atoms with Crippen molar-refractivity contribution < 1.29 is 4.21 Å². The topological polar surface area (TPSA) is 40.9 Å². The van der Waals surface area contributed by atoms with Crippen molar-refractivity contribution in [2.24, 2.45) is 0 Å². The Kier molecular flexibility index (Phi) is 5.17. The Balaban J connectivity index is 2.48. The summed E-state index contributed by atoms with van der Waals surface area (Å²) in [6.45, 7) is 2.03. The molecule has 0 radical (unpaired) electrons. The van der Waals surface area contributed by atoms with Gasteiger partial charge in [-0.15, -0.1) is 0 Å². The van der Waals surface area contributed by atoms with Crippen LogP contribution in [-0.4, -0.2) is 14.7 Å². The van der Waals surface area contributed by atoms with Crippen molar-refractivity contribution in [1.82, 2.24) is 0 Å². The van der Waals surface area contributed by atoms with Gasteiger partial charge in [-0.1, -0.05) is 26.2 Å². The zero-order chi connectivity index (χ0) is 10.4. The van der Waals surface area contributed by atoms with Crippen molar-refractivity contribution in [2.75, 3.05) is 0 Å². The molecule has 1 aliphatic rings. The molecule has 0 amide bonds. The highest BCUT2D eigenvalue weighted by Gasteiger charge is 2.25. The molecule has 0 aromatic carbocycles.